The molecular weight excluding hydrogens is 266 g/mol. The highest BCUT2D eigenvalue weighted by Crippen LogP contribution is 2.28. The Morgan fingerprint density at radius 1 is 1.14 bits per heavy atom. The summed E-state index contributed by atoms with van der Waals surface area (Å²) in [7, 11) is 3.42. The van der Waals surface area contributed by atoms with Gasteiger partial charge in [-0.25, -0.2) is 0 Å². The van der Waals surface area contributed by atoms with E-state index in [4.69, 9.17) is 9.47 Å². The fourth-order valence-electron chi connectivity index (χ4n) is 1.96. The zero-order valence-electron chi connectivity index (χ0n) is 13.6. The molecule has 0 bridgehead atoms. The van der Waals surface area contributed by atoms with Crippen LogP contribution in [0.25, 0.3) is 0 Å². The van der Waals surface area contributed by atoms with E-state index in [1.165, 1.54) is 0 Å². The molecule has 0 spiro atoms. The molecule has 0 fully saturated rings. The van der Waals surface area contributed by atoms with Crippen molar-refractivity contribution in [1.82, 2.24) is 4.90 Å². The van der Waals surface area contributed by atoms with Crippen LogP contribution in [0.15, 0.2) is 18.2 Å². The lowest BCUT2D eigenvalue weighted by Crippen LogP contribution is -2.27. The molecule has 0 atom stereocenters. The molecule has 0 saturated heterocycles. The highest BCUT2D eigenvalue weighted by Gasteiger charge is 2.14. The third kappa shape index (κ3) is 5.29. The molecule has 0 heterocycles. The maximum absolute atomic E-state index is 12.3. The topological polar surface area (TPSA) is 38.8 Å². The molecule has 118 valence electrons. The molecular formula is C17H27NO3. The molecule has 21 heavy (non-hydrogen) atoms. The lowest BCUT2D eigenvalue weighted by molar-refractivity contribution is 0.0793. The number of benzene rings is 1. The quantitative estimate of drug-likeness (QED) is 0.651. The van der Waals surface area contributed by atoms with Crippen molar-refractivity contribution in [3.63, 3.8) is 0 Å². The van der Waals surface area contributed by atoms with Crippen LogP contribution < -0.4 is 9.47 Å². The maximum Gasteiger partial charge on any atom is 0.253 e. The zero-order chi connectivity index (χ0) is 15.7. The van der Waals surface area contributed by atoms with Crippen LogP contribution in [-0.2, 0) is 0 Å². The van der Waals surface area contributed by atoms with E-state index in [9.17, 15) is 4.79 Å². The van der Waals surface area contributed by atoms with Gasteiger partial charge in [0.05, 0.1) is 13.7 Å². The van der Waals surface area contributed by atoms with Gasteiger partial charge in [-0.15, -0.1) is 0 Å². The van der Waals surface area contributed by atoms with Gasteiger partial charge < -0.3 is 14.4 Å². The maximum atomic E-state index is 12.3. The summed E-state index contributed by atoms with van der Waals surface area (Å²) in [5.41, 5.74) is 0.633. The van der Waals surface area contributed by atoms with Gasteiger partial charge in [0.2, 0.25) is 0 Å². The number of carbonyl (C=O) groups is 1. The zero-order valence-corrected chi connectivity index (χ0v) is 13.6. The summed E-state index contributed by atoms with van der Waals surface area (Å²) >= 11 is 0. The van der Waals surface area contributed by atoms with Crippen LogP contribution >= 0.6 is 0 Å². The first kappa shape index (κ1) is 17.3. The highest BCUT2D eigenvalue weighted by molar-refractivity contribution is 5.94. The number of hydrogen-bond acceptors (Lipinski definition) is 3. The number of ether oxygens (including phenoxy) is 2. The molecule has 0 aromatic heterocycles. The second kappa shape index (κ2) is 9.27. The van der Waals surface area contributed by atoms with Gasteiger partial charge in [0.25, 0.3) is 5.91 Å². The SMILES string of the molecule is CCCCOc1ccc(C(=O)N(C)CCCC)cc1OC. The van der Waals surface area contributed by atoms with Crippen LogP contribution in [-0.4, -0.2) is 38.1 Å². The van der Waals surface area contributed by atoms with Crippen LogP contribution in [0.3, 0.4) is 0 Å². The molecule has 0 aliphatic heterocycles. The van der Waals surface area contributed by atoms with Gasteiger partial charge in [0.15, 0.2) is 11.5 Å². The summed E-state index contributed by atoms with van der Waals surface area (Å²) in [6, 6.07) is 5.37. The third-order valence-electron chi connectivity index (χ3n) is 3.36. The standard InChI is InChI=1S/C17H27NO3/c1-5-7-11-18(3)17(19)14-9-10-15(16(13-14)20-4)21-12-8-6-2/h9-10,13H,5-8,11-12H2,1-4H3. The first-order valence-corrected chi connectivity index (χ1v) is 7.70. The average Bonchev–Trinajstić information content (AvgIpc) is 2.52. The van der Waals surface area contributed by atoms with Gasteiger partial charge in [-0.1, -0.05) is 26.7 Å². The average molecular weight is 293 g/mol. The first-order valence-electron chi connectivity index (χ1n) is 7.70. The molecule has 1 aromatic rings. The van der Waals surface area contributed by atoms with E-state index >= 15 is 0 Å². The number of amides is 1. The van der Waals surface area contributed by atoms with E-state index in [2.05, 4.69) is 13.8 Å². The summed E-state index contributed by atoms with van der Waals surface area (Å²) in [5, 5.41) is 0. The fraction of sp³-hybridized carbons (Fsp3) is 0.588. The lowest BCUT2D eigenvalue weighted by Gasteiger charge is -2.18. The summed E-state index contributed by atoms with van der Waals surface area (Å²) in [5.74, 6) is 1.32. The number of rotatable bonds is 9. The Morgan fingerprint density at radius 3 is 2.48 bits per heavy atom. The minimum atomic E-state index is 0.0156. The summed E-state index contributed by atoms with van der Waals surface area (Å²) in [6.45, 7) is 5.67. The monoisotopic (exact) mass is 293 g/mol. The molecule has 0 unspecified atom stereocenters. The van der Waals surface area contributed by atoms with Crippen LogP contribution in [0.4, 0.5) is 0 Å². The molecule has 4 nitrogen and oxygen atoms in total. The van der Waals surface area contributed by atoms with E-state index < -0.39 is 0 Å². The Labute approximate surface area is 128 Å². The molecule has 1 aromatic carbocycles. The Morgan fingerprint density at radius 2 is 1.86 bits per heavy atom. The van der Waals surface area contributed by atoms with Crippen molar-refractivity contribution >= 4 is 5.91 Å². The first-order chi connectivity index (χ1) is 10.1. The minimum absolute atomic E-state index is 0.0156. The largest absolute Gasteiger partial charge is 0.493 e. The second-order valence-electron chi connectivity index (χ2n) is 5.15. The third-order valence-corrected chi connectivity index (χ3v) is 3.36. The number of methoxy groups -OCH3 is 1. The van der Waals surface area contributed by atoms with Gasteiger partial charge in [-0.05, 0) is 31.0 Å². The van der Waals surface area contributed by atoms with Gasteiger partial charge in [0.1, 0.15) is 0 Å². The molecule has 0 radical (unpaired) electrons. The number of unbranched alkanes of at least 4 members (excludes halogenated alkanes) is 2. The van der Waals surface area contributed by atoms with Gasteiger partial charge in [-0.3, -0.25) is 4.79 Å². The Bertz CT molecular complexity index is 446. The number of hydrogen-bond donors (Lipinski definition) is 0. The molecule has 0 aliphatic rings. The Balaban J connectivity index is 2.78. The van der Waals surface area contributed by atoms with Crippen molar-refractivity contribution in [2.45, 2.75) is 39.5 Å². The molecule has 1 rings (SSSR count). The smallest absolute Gasteiger partial charge is 0.253 e. The molecule has 0 aliphatic carbocycles. The highest BCUT2D eigenvalue weighted by atomic mass is 16.5. The van der Waals surface area contributed by atoms with E-state index in [1.807, 2.05) is 13.1 Å². The van der Waals surface area contributed by atoms with E-state index in [0.717, 1.165) is 32.2 Å². The van der Waals surface area contributed by atoms with E-state index in [-0.39, 0.29) is 5.91 Å². The van der Waals surface area contributed by atoms with Crippen molar-refractivity contribution < 1.29 is 14.3 Å². The van der Waals surface area contributed by atoms with Gasteiger partial charge in [-0.2, -0.15) is 0 Å². The second-order valence-corrected chi connectivity index (χ2v) is 5.15. The van der Waals surface area contributed by atoms with Gasteiger partial charge in [0, 0.05) is 19.2 Å². The van der Waals surface area contributed by atoms with Crippen LogP contribution in [0.1, 0.15) is 49.9 Å². The van der Waals surface area contributed by atoms with E-state index in [0.29, 0.717) is 23.7 Å². The molecule has 0 N–H and O–H groups in total. The summed E-state index contributed by atoms with van der Waals surface area (Å²) in [4.78, 5) is 14.1. The normalized spacial score (nSPS) is 10.3. The van der Waals surface area contributed by atoms with E-state index in [1.54, 1.807) is 24.1 Å². The number of carbonyl (C=O) groups excluding carboxylic acids is 1. The predicted octanol–water partition coefficient (Wildman–Crippen LogP) is 3.75. The number of nitrogens with zero attached hydrogens (tertiary/aromatic N) is 1. The summed E-state index contributed by atoms with van der Waals surface area (Å²) < 4.78 is 11.0. The van der Waals surface area contributed by atoms with Crippen molar-refractivity contribution in [3.05, 3.63) is 23.8 Å². The molecule has 1 amide bonds. The van der Waals surface area contributed by atoms with Crippen molar-refractivity contribution in [1.29, 1.82) is 0 Å². The lowest BCUT2D eigenvalue weighted by atomic mass is 10.1. The predicted molar refractivity (Wildman–Crippen MR) is 85.3 cm³/mol. The van der Waals surface area contributed by atoms with Crippen molar-refractivity contribution in [2.75, 3.05) is 27.3 Å². The fourth-order valence-corrected chi connectivity index (χ4v) is 1.96. The Hall–Kier alpha value is -1.71. The molecule has 4 heteroatoms. The molecule has 0 saturated carbocycles. The van der Waals surface area contributed by atoms with Gasteiger partial charge >= 0.3 is 0 Å². The van der Waals surface area contributed by atoms with Crippen molar-refractivity contribution in [3.8, 4) is 11.5 Å². The van der Waals surface area contributed by atoms with Crippen LogP contribution in [0.2, 0.25) is 0 Å². The van der Waals surface area contributed by atoms with Crippen LogP contribution in [0, 0.1) is 0 Å². The van der Waals surface area contributed by atoms with Crippen molar-refractivity contribution in [2.24, 2.45) is 0 Å². The minimum Gasteiger partial charge on any atom is -0.493 e. The van der Waals surface area contributed by atoms with Crippen LogP contribution in [0.5, 0.6) is 11.5 Å². The Kier molecular flexibility index (Phi) is 7.65. The summed E-state index contributed by atoms with van der Waals surface area (Å²) in [6.07, 6.45) is 4.17.